The summed E-state index contributed by atoms with van der Waals surface area (Å²) in [4.78, 5) is 16.7. The summed E-state index contributed by atoms with van der Waals surface area (Å²) in [6.07, 6.45) is 3.26. The number of carbonyl (C=O) groups is 1. The Balaban J connectivity index is 1.62. The molecule has 0 aliphatic carbocycles. The van der Waals surface area contributed by atoms with E-state index in [9.17, 15) is 13.2 Å². The van der Waals surface area contributed by atoms with Crippen LogP contribution in [0.4, 0.5) is 0 Å². The number of nitrogens with zero attached hydrogens (tertiary/aromatic N) is 2. The summed E-state index contributed by atoms with van der Waals surface area (Å²) in [5.74, 6) is 0.386. The van der Waals surface area contributed by atoms with Gasteiger partial charge in [0.25, 0.3) is 5.91 Å². The molecule has 0 unspecified atom stereocenters. The fourth-order valence-corrected chi connectivity index (χ4v) is 3.27. The van der Waals surface area contributed by atoms with Crippen LogP contribution in [0, 0.1) is 0 Å². The maximum atomic E-state index is 12.3. The van der Waals surface area contributed by atoms with Gasteiger partial charge in [-0.15, -0.1) is 0 Å². The number of pyridine rings is 1. The lowest BCUT2D eigenvalue weighted by molar-refractivity contribution is 0.0951. The summed E-state index contributed by atoms with van der Waals surface area (Å²) < 4.78 is 30.5. The molecule has 0 spiro atoms. The van der Waals surface area contributed by atoms with Crippen LogP contribution in [0.1, 0.15) is 15.9 Å². The van der Waals surface area contributed by atoms with Crippen molar-refractivity contribution in [1.29, 1.82) is 0 Å². The van der Waals surface area contributed by atoms with Crippen LogP contribution in [-0.4, -0.2) is 37.7 Å². The molecule has 1 N–H and O–H groups in total. The molecule has 8 heteroatoms. The lowest BCUT2D eigenvalue weighted by atomic mass is 10.2. The van der Waals surface area contributed by atoms with Crippen molar-refractivity contribution in [3.05, 3.63) is 72.1 Å². The molecule has 0 saturated heterocycles. The summed E-state index contributed by atoms with van der Waals surface area (Å²) in [7, 11) is -0.593. The second kappa shape index (κ2) is 7.73. The van der Waals surface area contributed by atoms with E-state index in [4.69, 9.17) is 4.42 Å². The molecule has 1 amide bonds. The molecule has 3 aromatic rings. The minimum atomic E-state index is -3.51. The highest BCUT2D eigenvalue weighted by atomic mass is 32.2. The van der Waals surface area contributed by atoms with Gasteiger partial charge in [0.05, 0.1) is 11.2 Å². The van der Waals surface area contributed by atoms with Crippen LogP contribution in [-0.2, 0) is 16.6 Å². The molecule has 0 bridgehead atoms. The fraction of sp³-hybridized carbons (Fsp3) is 0.158. The smallest absolute Gasteiger partial charge is 0.251 e. The standard InChI is InChI=1S/C19H19N3O4S/c1-22(2)27(24,25)16-8-6-15(7-9-16)19(23)21-13-14-5-10-17(20-12-14)18-4-3-11-26-18/h3-12H,13H2,1-2H3,(H,21,23). The second-order valence-electron chi connectivity index (χ2n) is 6.02. The quantitative estimate of drug-likeness (QED) is 0.704. The monoisotopic (exact) mass is 385 g/mol. The first-order valence-electron chi connectivity index (χ1n) is 8.17. The van der Waals surface area contributed by atoms with E-state index in [1.807, 2.05) is 18.2 Å². The zero-order valence-electron chi connectivity index (χ0n) is 14.9. The van der Waals surface area contributed by atoms with E-state index in [0.717, 1.165) is 9.87 Å². The van der Waals surface area contributed by atoms with Gasteiger partial charge in [0.2, 0.25) is 10.0 Å². The van der Waals surface area contributed by atoms with Gasteiger partial charge in [-0.05, 0) is 48.0 Å². The Morgan fingerprint density at radius 3 is 2.41 bits per heavy atom. The van der Waals surface area contributed by atoms with Crippen molar-refractivity contribution in [2.75, 3.05) is 14.1 Å². The molecule has 27 heavy (non-hydrogen) atoms. The molecule has 0 aliphatic rings. The third kappa shape index (κ3) is 4.24. The maximum absolute atomic E-state index is 12.3. The number of furan rings is 1. The molecule has 0 fully saturated rings. The largest absolute Gasteiger partial charge is 0.463 e. The summed E-state index contributed by atoms with van der Waals surface area (Å²) in [5, 5.41) is 2.79. The SMILES string of the molecule is CN(C)S(=O)(=O)c1ccc(C(=O)NCc2ccc(-c3ccco3)nc2)cc1. The van der Waals surface area contributed by atoms with Gasteiger partial charge in [0.1, 0.15) is 5.69 Å². The lowest BCUT2D eigenvalue weighted by Crippen LogP contribution is -2.24. The normalized spacial score (nSPS) is 11.5. The molecular weight excluding hydrogens is 366 g/mol. The van der Waals surface area contributed by atoms with E-state index < -0.39 is 10.0 Å². The van der Waals surface area contributed by atoms with E-state index in [1.54, 1.807) is 18.5 Å². The molecule has 2 heterocycles. The number of hydrogen-bond acceptors (Lipinski definition) is 5. The number of sulfonamides is 1. The highest BCUT2D eigenvalue weighted by molar-refractivity contribution is 7.89. The summed E-state index contributed by atoms with van der Waals surface area (Å²) in [5.41, 5.74) is 1.94. The van der Waals surface area contributed by atoms with E-state index >= 15 is 0 Å². The van der Waals surface area contributed by atoms with Gasteiger partial charge < -0.3 is 9.73 Å². The summed E-state index contributed by atoms with van der Waals surface area (Å²) >= 11 is 0. The van der Waals surface area contributed by atoms with Gasteiger partial charge in [-0.1, -0.05) is 6.07 Å². The van der Waals surface area contributed by atoms with Gasteiger partial charge >= 0.3 is 0 Å². The molecule has 0 saturated carbocycles. The molecule has 7 nitrogen and oxygen atoms in total. The lowest BCUT2D eigenvalue weighted by Gasteiger charge is -2.11. The number of hydrogen-bond donors (Lipinski definition) is 1. The Bertz CT molecular complexity index is 1010. The van der Waals surface area contributed by atoms with Crippen LogP contribution in [0.3, 0.4) is 0 Å². The van der Waals surface area contributed by atoms with Crippen LogP contribution in [0.15, 0.2) is 70.3 Å². The Labute approximate surface area is 157 Å². The van der Waals surface area contributed by atoms with Crippen LogP contribution >= 0.6 is 0 Å². The van der Waals surface area contributed by atoms with E-state index in [1.165, 1.54) is 38.4 Å². The van der Waals surface area contributed by atoms with E-state index in [2.05, 4.69) is 10.3 Å². The van der Waals surface area contributed by atoms with E-state index in [-0.39, 0.29) is 10.8 Å². The Morgan fingerprint density at radius 1 is 1.11 bits per heavy atom. The summed E-state index contributed by atoms with van der Waals surface area (Å²) in [6, 6.07) is 13.1. The second-order valence-corrected chi connectivity index (χ2v) is 8.18. The van der Waals surface area contributed by atoms with Crippen molar-refractivity contribution >= 4 is 15.9 Å². The average Bonchev–Trinajstić information content (AvgIpc) is 3.21. The fourth-order valence-electron chi connectivity index (χ4n) is 2.37. The maximum Gasteiger partial charge on any atom is 0.251 e. The molecule has 0 radical (unpaired) electrons. The number of amides is 1. The minimum absolute atomic E-state index is 0.141. The number of aromatic nitrogens is 1. The van der Waals surface area contributed by atoms with Gasteiger partial charge in [0.15, 0.2) is 5.76 Å². The van der Waals surface area contributed by atoms with Crippen molar-refractivity contribution in [2.24, 2.45) is 0 Å². The van der Waals surface area contributed by atoms with Crippen LogP contribution in [0.2, 0.25) is 0 Å². The number of rotatable bonds is 6. The Hall–Kier alpha value is -2.97. The predicted octanol–water partition coefficient (Wildman–Crippen LogP) is 2.52. The first-order chi connectivity index (χ1) is 12.9. The van der Waals surface area contributed by atoms with Gasteiger partial charge in [-0.3, -0.25) is 9.78 Å². The number of nitrogens with one attached hydrogen (secondary N) is 1. The Morgan fingerprint density at radius 2 is 1.85 bits per heavy atom. The highest BCUT2D eigenvalue weighted by Crippen LogP contribution is 2.17. The molecule has 3 rings (SSSR count). The molecule has 140 valence electrons. The van der Waals surface area contributed by atoms with Crippen molar-refractivity contribution in [2.45, 2.75) is 11.4 Å². The number of benzene rings is 1. The van der Waals surface area contributed by atoms with Gasteiger partial charge in [-0.25, -0.2) is 12.7 Å². The van der Waals surface area contributed by atoms with Gasteiger partial charge in [0, 0.05) is 32.4 Å². The summed E-state index contributed by atoms with van der Waals surface area (Å²) in [6.45, 7) is 0.308. The molecule has 0 aliphatic heterocycles. The molecule has 2 aromatic heterocycles. The van der Waals surface area contributed by atoms with Crippen molar-refractivity contribution in [1.82, 2.24) is 14.6 Å². The van der Waals surface area contributed by atoms with Crippen molar-refractivity contribution in [3.8, 4) is 11.5 Å². The third-order valence-electron chi connectivity index (χ3n) is 3.95. The Kier molecular flexibility index (Phi) is 5.38. The molecular formula is C19H19N3O4S. The number of carbonyl (C=O) groups excluding carboxylic acids is 1. The van der Waals surface area contributed by atoms with Crippen LogP contribution in [0.25, 0.3) is 11.5 Å². The first-order valence-corrected chi connectivity index (χ1v) is 9.61. The first kappa shape index (κ1) is 18.8. The van der Waals surface area contributed by atoms with Gasteiger partial charge in [-0.2, -0.15) is 0 Å². The van der Waals surface area contributed by atoms with Crippen LogP contribution in [0.5, 0.6) is 0 Å². The topological polar surface area (TPSA) is 92.5 Å². The minimum Gasteiger partial charge on any atom is -0.463 e. The van der Waals surface area contributed by atoms with Crippen molar-refractivity contribution < 1.29 is 17.6 Å². The predicted molar refractivity (Wildman–Crippen MR) is 100 cm³/mol. The zero-order valence-corrected chi connectivity index (χ0v) is 15.7. The third-order valence-corrected chi connectivity index (χ3v) is 5.78. The molecule has 1 aromatic carbocycles. The zero-order chi connectivity index (χ0) is 19.4. The van der Waals surface area contributed by atoms with E-state index in [0.29, 0.717) is 23.6 Å². The highest BCUT2D eigenvalue weighted by Gasteiger charge is 2.17. The van der Waals surface area contributed by atoms with Crippen molar-refractivity contribution in [3.63, 3.8) is 0 Å². The van der Waals surface area contributed by atoms with Crippen LogP contribution < -0.4 is 5.32 Å². The molecule has 0 atom stereocenters. The average molecular weight is 385 g/mol.